The van der Waals surface area contributed by atoms with Crippen molar-refractivity contribution in [3.05, 3.63) is 0 Å². The molecule has 0 bridgehead atoms. The Morgan fingerprint density at radius 2 is 2.20 bits per heavy atom. The Balaban J connectivity index is 2.23. The maximum absolute atomic E-state index is 10.9. The van der Waals surface area contributed by atoms with Crippen molar-refractivity contribution in [2.24, 2.45) is 11.3 Å². The molecule has 0 aliphatic heterocycles. The van der Waals surface area contributed by atoms with Crippen LogP contribution in [0.1, 0.15) is 46.5 Å². The first-order valence-electron chi connectivity index (χ1n) is 5.93. The molecule has 0 amide bonds. The number of hydrogen-bond acceptors (Lipinski definition) is 2. The van der Waals surface area contributed by atoms with E-state index in [1.165, 1.54) is 6.42 Å². The zero-order chi connectivity index (χ0) is 11.5. The highest BCUT2D eigenvalue weighted by Gasteiger charge is 2.45. The van der Waals surface area contributed by atoms with Crippen LogP contribution in [0.4, 0.5) is 0 Å². The van der Waals surface area contributed by atoms with E-state index in [1.807, 2.05) is 0 Å². The van der Waals surface area contributed by atoms with Gasteiger partial charge in [0.25, 0.3) is 0 Å². The fourth-order valence-electron chi connectivity index (χ4n) is 1.93. The second-order valence-electron chi connectivity index (χ2n) is 5.33. The minimum Gasteiger partial charge on any atom is -0.480 e. The van der Waals surface area contributed by atoms with Crippen LogP contribution < -0.4 is 5.32 Å². The van der Waals surface area contributed by atoms with Gasteiger partial charge in [0.05, 0.1) is 0 Å². The van der Waals surface area contributed by atoms with E-state index in [-0.39, 0.29) is 6.04 Å². The summed E-state index contributed by atoms with van der Waals surface area (Å²) in [6, 6.07) is -0.346. The molecular formula is C12H23NO2. The molecule has 3 nitrogen and oxygen atoms in total. The van der Waals surface area contributed by atoms with Gasteiger partial charge in [-0.1, -0.05) is 33.6 Å². The molecule has 2 N–H and O–H groups in total. The molecule has 1 aliphatic rings. The fourth-order valence-corrected chi connectivity index (χ4v) is 1.93. The van der Waals surface area contributed by atoms with Crippen molar-refractivity contribution >= 4 is 5.97 Å². The number of carboxylic acid groups (broad SMARTS) is 1. The Bertz CT molecular complexity index is 226. The van der Waals surface area contributed by atoms with Crippen LogP contribution in [0.25, 0.3) is 0 Å². The molecule has 0 aromatic heterocycles. The summed E-state index contributed by atoms with van der Waals surface area (Å²) in [6.07, 6.45) is 4.01. The number of carboxylic acids is 1. The third kappa shape index (κ3) is 3.82. The molecule has 88 valence electrons. The van der Waals surface area contributed by atoms with Crippen molar-refractivity contribution in [2.75, 3.05) is 6.54 Å². The van der Waals surface area contributed by atoms with Crippen LogP contribution in [-0.4, -0.2) is 23.7 Å². The van der Waals surface area contributed by atoms with Crippen LogP contribution >= 0.6 is 0 Å². The summed E-state index contributed by atoms with van der Waals surface area (Å²) < 4.78 is 0. The number of nitrogens with one attached hydrogen (secondary N) is 1. The first-order chi connectivity index (χ1) is 6.97. The SMILES string of the molecule is CCCCC(NCC1CC1(C)C)C(=O)O. The van der Waals surface area contributed by atoms with Crippen molar-refractivity contribution in [1.82, 2.24) is 5.32 Å². The average molecular weight is 213 g/mol. The van der Waals surface area contributed by atoms with Crippen molar-refractivity contribution in [2.45, 2.75) is 52.5 Å². The number of unbranched alkanes of at least 4 members (excludes halogenated alkanes) is 1. The van der Waals surface area contributed by atoms with Gasteiger partial charge in [-0.05, 0) is 30.7 Å². The molecule has 1 aliphatic carbocycles. The molecule has 0 aromatic carbocycles. The van der Waals surface area contributed by atoms with Gasteiger partial charge in [0.15, 0.2) is 0 Å². The number of rotatable bonds is 7. The Kier molecular flexibility index (Phi) is 4.14. The lowest BCUT2D eigenvalue weighted by molar-refractivity contribution is -0.139. The second-order valence-corrected chi connectivity index (χ2v) is 5.33. The van der Waals surface area contributed by atoms with Gasteiger partial charge < -0.3 is 10.4 Å². The lowest BCUT2D eigenvalue weighted by atomic mass is 10.1. The summed E-state index contributed by atoms with van der Waals surface area (Å²) in [5, 5.41) is 12.2. The first-order valence-corrected chi connectivity index (χ1v) is 5.93. The minimum atomic E-state index is -0.707. The van der Waals surface area contributed by atoms with Gasteiger partial charge in [0.2, 0.25) is 0 Å². The highest BCUT2D eigenvalue weighted by Crippen LogP contribution is 2.51. The van der Waals surface area contributed by atoms with Crippen LogP contribution in [0.5, 0.6) is 0 Å². The van der Waals surface area contributed by atoms with E-state index in [1.54, 1.807) is 0 Å². The molecule has 0 spiro atoms. The molecule has 1 saturated carbocycles. The summed E-state index contributed by atoms with van der Waals surface area (Å²) in [7, 11) is 0. The van der Waals surface area contributed by atoms with E-state index >= 15 is 0 Å². The average Bonchev–Trinajstić information content (AvgIpc) is 2.73. The van der Waals surface area contributed by atoms with E-state index in [2.05, 4.69) is 26.1 Å². The molecule has 0 heterocycles. The molecule has 0 aromatic rings. The van der Waals surface area contributed by atoms with Crippen molar-refractivity contribution < 1.29 is 9.90 Å². The molecule has 2 atom stereocenters. The van der Waals surface area contributed by atoms with Gasteiger partial charge in [-0.3, -0.25) is 4.79 Å². The van der Waals surface area contributed by atoms with Crippen LogP contribution in [0.3, 0.4) is 0 Å². The Labute approximate surface area is 92.3 Å². The van der Waals surface area contributed by atoms with Crippen LogP contribution in [0.15, 0.2) is 0 Å². The highest BCUT2D eigenvalue weighted by molar-refractivity contribution is 5.73. The van der Waals surface area contributed by atoms with Gasteiger partial charge in [-0.15, -0.1) is 0 Å². The summed E-state index contributed by atoms with van der Waals surface area (Å²) in [6.45, 7) is 7.42. The number of carbonyl (C=O) groups is 1. The van der Waals surface area contributed by atoms with E-state index in [4.69, 9.17) is 5.11 Å². The van der Waals surface area contributed by atoms with E-state index in [9.17, 15) is 4.79 Å². The molecule has 2 unspecified atom stereocenters. The maximum Gasteiger partial charge on any atom is 0.320 e. The molecule has 1 rings (SSSR count). The van der Waals surface area contributed by atoms with Crippen molar-refractivity contribution in [1.29, 1.82) is 0 Å². The molecule has 0 radical (unpaired) electrons. The molecule has 15 heavy (non-hydrogen) atoms. The quantitative estimate of drug-likeness (QED) is 0.682. The summed E-state index contributed by atoms with van der Waals surface area (Å²) in [5.41, 5.74) is 0.431. The highest BCUT2D eigenvalue weighted by atomic mass is 16.4. The molecule has 0 saturated heterocycles. The predicted octanol–water partition coefficient (Wildman–Crippen LogP) is 2.27. The molecule has 3 heteroatoms. The lowest BCUT2D eigenvalue weighted by Gasteiger charge is -2.14. The van der Waals surface area contributed by atoms with Crippen LogP contribution in [0.2, 0.25) is 0 Å². The van der Waals surface area contributed by atoms with Gasteiger partial charge >= 0.3 is 5.97 Å². The number of aliphatic carboxylic acids is 1. The third-order valence-electron chi connectivity index (χ3n) is 3.47. The van der Waals surface area contributed by atoms with Gasteiger partial charge in [0, 0.05) is 0 Å². The van der Waals surface area contributed by atoms with E-state index in [0.29, 0.717) is 11.3 Å². The first kappa shape index (κ1) is 12.5. The van der Waals surface area contributed by atoms with Crippen molar-refractivity contribution in [3.63, 3.8) is 0 Å². The second kappa shape index (κ2) is 4.97. The molecular weight excluding hydrogens is 190 g/mol. The van der Waals surface area contributed by atoms with E-state index in [0.717, 1.165) is 25.8 Å². The standard InChI is InChI=1S/C12H23NO2/c1-4-5-6-10(11(14)15)13-8-9-7-12(9,2)3/h9-10,13H,4-8H2,1-3H3,(H,14,15). The van der Waals surface area contributed by atoms with Gasteiger partial charge in [0.1, 0.15) is 6.04 Å². The fraction of sp³-hybridized carbons (Fsp3) is 0.917. The predicted molar refractivity (Wildman–Crippen MR) is 60.8 cm³/mol. The topological polar surface area (TPSA) is 49.3 Å². The Morgan fingerprint density at radius 1 is 1.60 bits per heavy atom. The lowest BCUT2D eigenvalue weighted by Crippen LogP contribution is -2.38. The normalized spacial score (nSPS) is 24.9. The zero-order valence-corrected chi connectivity index (χ0v) is 10.0. The summed E-state index contributed by atoms with van der Waals surface area (Å²) >= 11 is 0. The zero-order valence-electron chi connectivity index (χ0n) is 10.0. The smallest absolute Gasteiger partial charge is 0.320 e. The largest absolute Gasteiger partial charge is 0.480 e. The van der Waals surface area contributed by atoms with Gasteiger partial charge in [-0.25, -0.2) is 0 Å². The van der Waals surface area contributed by atoms with Crippen molar-refractivity contribution in [3.8, 4) is 0 Å². The monoisotopic (exact) mass is 213 g/mol. The maximum atomic E-state index is 10.9. The summed E-state index contributed by atoms with van der Waals surface area (Å²) in [4.78, 5) is 10.9. The Morgan fingerprint density at radius 3 is 2.60 bits per heavy atom. The Hall–Kier alpha value is -0.570. The third-order valence-corrected chi connectivity index (χ3v) is 3.47. The van der Waals surface area contributed by atoms with E-state index < -0.39 is 5.97 Å². The van der Waals surface area contributed by atoms with Crippen LogP contribution in [-0.2, 0) is 4.79 Å². The van der Waals surface area contributed by atoms with Gasteiger partial charge in [-0.2, -0.15) is 0 Å². The number of hydrogen-bond donors (Lipinski definition) is 2. The summed E-state index contributed by atoms with van der Waals surface area (Å²) in [5.74, 6) is -0.0390. The van der Waals surface area contributed by atoms with Crippen LogP contribution in [0, 0.1) is 11.3 Å². The minimum absolute atomic E-state index is 0.346. The molecule has 1 fully saturated rings.